The fourth-order valence-corrected chi connectivity index (χ4v) is 3.60. The smallest absolute Gasteiger partial charge is 0.337 e. The van der Waals surface area contributed by atoms with Crippen LogP contribution in [-0.4, -0.2) is 71.2 Å². The number of nitro benzene ring substituents is 1. The highest BCUT2D eigenvalue weighted by Crippen LogP contribution is 2.39. The molecule has 11 nitrogen and oxygen atoms in total. The number of aliphatic hydroxyl groups excluding tert-OH is 2. The van der Waals surface area contributed by atoms with E-state index in [4.69, 9.17) is 9.84 Å². The molecule has 1 heterocycles. The van der Waals surface area contributed by atoms with Crippen LogP contribution >= 0.6 is 0 Å². The zero-order valence-electron chi connectivity index (χ0n) is 18.2. The lowest BCUT2D eigenvalue weighted by Crippen LogP contribution is -2.33. The van der Waals surface area contributed by atoms with E-state index in [0.29, 0.717) is 5.56 Å². The van der Waals surface area contributed by atoms with Gasteiger partial charge >= 0.3 is 5.97 Å². The van der Waals surface area contributed by atoms with Gasteiger partial charge in [-0.2, -0.15) is 0 Å². The highest BCUT2D eigenvalue weighted by atomic mass is 16.6. The molecule has 1 saturated heterocycles. The Balaban J connectivity index is 2.06. The number of nitro groups is 1. The van der Waals surface area contributed by atoms with E-state index >= 15 is 0 Å². The third-order valence-electron chi connectivity index (χ3n) is 5.25. The number of hydrogen-bond acceptors (Lipinski definition) is 9. The van der Waals surface area contributed by atoms with Crippen LogP contribution in [0.4, 0.5) is 5.69 Å². The number of benzene rings is 2. The summed E-state index contributed by atoms with van der Waals surface area (Å²) in [6.07, 6.45) is 0. The van der Waals surface area contributed by atoms with Crippen LogP contribution in [0.3, 0.4) is 0 Å². The Morgan fingerprint density at radius 2 is 1.68 bits per heavy atom. The minimum absolute atomic E-state index is 0.00889. The molecule has 0 aliphatic carbocycles. The number of non-ortho nitro benzene ring substituents is 1. The first-order chi connectivity index (χ1) is 16.3. The lowest BCUT2D eigenvalue weighted by molar-refractivity contribution is -0.384. The molecule has 1 amide bonds. The molecule has 0 spiro atoms. The summed E-state index contributed by atoms with van der Waals surface area (Å²) in [5.74, 6) is -2.85. The van der Waals surface area contributed by atoms with Crippen molar-refractivity contribution in [3.8, 4) is 0 Å². The molecule has 0 radical (unpaired) electrons. The molecule has 178 valence electrons. The quantitative estimate of drug-likeness (QED) is 0.106. The topological polar surface area (TPSA) is 157 Å². The van der Waals surface area contributed by atoms with Gasteiger partial charge in [0.1, 0.15) is 5.76 Å². The molecule has 1 fully saturated rings. The zero-order chi connectivity index (χ0) is 24.8. The van der Waals surface area contributed by atoms with Gasteiger partial charge in [-0.25, -0.2) is 4.79 Å². The number of ketones is 1. The van der Waals surface area contributed by atoms with Crippen LogP contribution in [0.5, 0.6) is 0 Å². The van der Waals surface area contributed by atoms with Crippen LogP contribution in [0.1, 0.15) is 27.5 Å². The van der Waals surface area contributed by atoms with Gasteiger partial charge in [0.2, 0.25) is 0 Å². The van der Waals surface area contributed by atoms with E-state index < -0.39 is 34.4 Å². The highest BCUT2D eigenvalue weighted by molar-refractivity contribution is 6.46. The van der Waals surface area contributed by atoms with Gasteiger partial charge < -0.3 is 24.6 Å². The van der Waals surface area contributed by atoms with Crippen molar-refractivity contribution < 1.29 is 39.0 Å². The second-order valence-corrected chi connectivity index (χ2v) is 7.25. The van der Waals surface area contributed by atoms with Crippen molar-refractivity contribution in [2.45, 2.75) is 6.04 Å². The normalized spacial score (nSPS) is 17.1. The van der Waals surface area contributed by atoms with Crippen molar-refractivity contribution >= 4 is 29.1 Å². The van der Waals surface area contributed by atoms with Crippen LogP contribution in [0.2, 0.25) is 0 Å². The van der Waals surface area contributed by atoms with Crippen LogP contribution in [-0.2, 0) is 19.1 Å². The van der Waals surface area contributed by atoms with Crippen LogP contribution in [0.25, 0.3) is 5.76 Å². The van der Waals surface area contributed by atoms with E-state index in [0.717, 1.165) is 0 Å². The number of methoxy groups -OCH3 is 1. The van der Waals surface area contributed by atoms with E-state index in [-0.39, 0.29) is 48.8 Å². The Bertz CT molecular complexity index is 1120. The summed E-state index contributed by atoms with van der Waals surface area (Å²) < 4.78 is 9.92. The molecule has 2 N–H and O–H groups in total. The molecule has 2 aromatic rings. The predicted molar refractivity (Wildman–Crippen MR) is 118 cm³/mol. The second kappa shape index (κ2) is 10.7. The van der Waals surface area contributed by atoms with E-state index in [1.54, 1.807) is 0 Å². The van der Waals surface area contributed by atoms with Gasteiger partial charge in [0.05, 0.1) is 49.0 Å². The molecule has 1 aliphatic heterocycles. The molecule has 0 saturated carbocycles. The number of Topliss-reactive ketones (excluding diaryl/α,β-unsaturated/α-hetero) is 1. The summed E-state index contributed by atoms with van der Waals surface area (Å²) in [6, 6.07) is 9.92. The van der Waals surface area contributed by atoms with E-state index in [2.05, 4.69) is 4.74 Å². The number of nitrogens with zero attached hydrogens (tertiary/aromatic N) is 2. The molecule has 1 aliphatic rings. The van der Waals surface area contributed by atoms with Crippen molar-refractivity contribution in [2.24, 2.45) is 0 Å². The van der Waals surface area contributed by atoms with Gasteiger partial charge in [-0.1, -0.05) is 12.1 Å². The fraction of sp³-hybridized carbons (Fsp3) is 0.261. The number of hydrogen-bond donors (Lipinski definition) is 2. The molecule has 1 unspecified atom stereocenters. The lowest BCUT2D eigenvalue weighted by atomic mass is 9.94. The number of aliphatic hydroxyl groups is 2. The first-order valence-electron chi connectivity index (χ1n) is 10.2. The molecule has 2 aromatic carbocycles. The Hall–Kier alpha value is -4.09. The number of ether oxygens (including phenoxy) is 2. The summed E-state index contributed by atoms with van der Waals surface area (Å²) in [6.45, 7) is -0.143. The first-order valence-corrected chi connectivity index (χ1v) is 10.2. The number of rotatable bonds is 9. The lowest BCUT2D eigenvalue weighted by Gasteiger charge is -2.25. The SMILES string of the molecule is COC(=O)c1ccc(C2C(=C(O)c3ccc([N+](=O)[O-])cc3)C(=O)C(=O)N2CCOCCO)cc1. The van der Waals surface area contributed by atoms with Crippen molar-refractivity contribution in [2.75, 3.05) is 33.5 Å². The largest absolute Gasteiger partial charge is 0.507 e. The Morgan fingerprint density at radius 1 is 1.06 bits per heavy atom. The maximum absolute atomic E-state index is 12.9. The van der Waals surface area contributed by atoms with Crippen molar-refractivity contribution in [3.63, 3.8) is 0 Å². The zero-order valence-corrected chi connectivity index (χ0v) is 18.2. The van der Waals surface area contributed by atoms with Gasteiger partial charge in [-0.3, -0.25) is 19.7 Å². The van der Waals surface area contributed by atoms with E-state index in [1.165, 1.54) is 60.5 Å². The molecular weight excluding hydrogens is 448 g/mol. The summed E-state index contributed by atoms with van der Waals surface area (Å²) >= 11 is 0. The average molecular weight is 470 g/mol. The molecule has 11 heteroatoms. The minimum Gasteiger partial charge on any atom is -0.507 e. The second-order valence-electron chi connectivity index (χ2n) is 7.25. The van der Waals surface area contributed by atoms with Crippen LogP contribution in [0.15, 0.2) is 54.1 Å². The number of esters is 1. The Kier molecular flexibility index (Phi) is 7.71. The van der Waals surface area contributed by atoms with Gasteiger partial charge in [0, 0.05) is 24.2 Å². The monoisotopic (exact) mass is 470 g/mol. The van der Waals surface area contributed by atoms with Gasteiger partial charge in [0.25, 0.3) is 17.4 Å². The summed E-state index contributed by atoms with van der Waals surface area (Å²) in [7, 11) is 1.24. The number of amides is 1. The van der Waals surface area contributed by atoms with E-state index in [9.17, 15) is 29.6 Å². The number of carbonyl (C=O) groups excluding carboxylic acids is 3. The molecule has 0 aromatic heterocycles. The highest BCUT2D eigenvalue weighted by Gasteiger charge is 2.45. The predicted octanol–water partition coefficient (Wildman–Crippen LogP) is 1.81. The molecule has 3 rings (SSSR count). The van der Waals surface area contributed by atoms with Crippen LogP contribution < -0.4 is 0 Å². The van der Waals surface area contributed by atoms with Gasteiger partial charge in [-0.15, -0.1) is 0 Å². The summed E-state index contributed by atoms with van der Waals surface area (Å²) in [5, 5.41) is 30.8. The van der Waals surface area contributed by atoms with Crippen molar-refractivity contribution in [1.82, 2.24) is 4.90 Å². The maximum atomic E-state index is 12.9. The van der Waals surface area contributed by atoms with Crippen molar-refractivity contribution in [3.05, 3.63) is 80.9 Å². The molecular formula is C23H22N2O9. The average Bonchev–Trinajstić information content (AvgIpc) is 3.10. The number of likely N-dealkylation sites (tertiary alicyclic amines) is 1. The Labute approximate surface area is 194 Å². The maximum Gasteiger partial charge on any atom is 0.337 e. The van der Waals surface area contributed by atoms with E-state index in [1.807, 2.05) is 0 Å². The first kappa shape index (κ1) is 24.6. The molecule has 1 atom stereocenters. The van der Waals surface area contributed by atoms with Crippen molar-refractivity contribution in [1.29, 1.82) is 0 Å². The summed E-state index contributed by atoms with van der Waals surface area (Å²) in [5.41, 5.74) is 0.415. The Morgan fingerprint density at radius 3 is 2.24 bits per heavy atom. The summed E-state index contributed by atoms with van der Waals surface area (Å²) in [4.78, 5) is 49.1. The molecule has 34 heavy (non-hydrogen) atoms. The third kappa shape index (κ3) is 4.95. The minimum atomic E-state index is -1.00. The standard InChI is InChI=1S/C23H22N2O9/c1-33-23(30)16-4-2-14(3-5-16)19-18(20(27)15-6-8-17(9-7-15)25(31)32)21(28)22(29)24(19)10-12-34-13-11-26/h2-9,19,26-27H,10-13H2,1H3. The molecule has 0 bridgehead atoms. The van der Waals surface area contributed by atoms with Crippen LogP contribution in [0, 0.1) is 10.1 Å². The number of carbonyl (C=O) groups is 3. The van der Waals surface area contributed by atoms with Gasteiger partial charge in [0.15, 0.2) is 0 Å². The third-order valence-corrected chi connectivity index (χ3v) is 5.25. The van der Waals surface area contributed by atoms with Gasteiger partial charge in [-0.05, 0) is 29.8 Å². The fourth-order valence-electron chi connectivity index (χ4n) is 3.60.